The minimum absolute atomic E-state index is 0.0762. The molecule has 3 rings (SSSR count). The zero-order valence-electron chi connectivity index (χ0n) is 14.3. The van der Waals surface area contributed by atoms with Crippen molar-refractivity contribution < 1.29 is 9.90 Å². The topological polar surface area (TPSA) is 79.5 Å². The maximum Gasteiger partial charge on any atom is 0.251 e. The summed E-state index contributed by atoms with van der Waals surface area (Å²) in [7, 11) is 0. The van der Waals surface area contributed by atoms with Gasteiger partial charge in [-0.15, -0.1) is 0 Å². The van der Waals surface area contributed by atoms with Crippen molar-refractivity contribution in [3.63, 3.8) is 0 Å². The summed E-state index contributed by atoms with van der Waals surface area (Å²) in [6.45, 7) is 2.61. The molecule has 0 radical (unpaired) electrons. The van der Waals surface area contributed by atoms with Crippen molar-refractivity contribution >= 4 is 11.6 Å². The molecule has 6 nitrogen and oxygen atoms in total. The van der Waals surface area contributed by atoms with Gasteiger partial charge >= 0.3 is 0 Å². The number of aliphatic hydroxyl groups is 1. The van der Waals surface area contributed by atoms with Crippen LogP contribution in [0, 0.1) is 6.92 Å². The summed E-state index contributed by atoms with van der Waals surface area (Å²) in [5.41, 5.74) is 4.84. The number of hydrogen-bond acceptors (Lipinski definition) is 4. The molecule has 2 N–H and O–H groups in total. The van der Waals surface area contributed by atoms with E-state index in [1.165, 1.54) is 0 Å². The molecule has 130 valence electrons. The number of rotatable bonds is 7. The van der Waals surface area contributed by atoms with Crippen molar-refractivity contribution in [1.29, 1.82) is 0 Å². The highest BCUT2D eigenvalue weighted by molar-refractivity contribution is 5.94. The van der Waals surface area contributed by atoms with Crippen LogP contribution in [0.15, 0.2) is 42.7 Å². The summed E-state index contributed by atoms with van der Waals surface area (Å²) in [5, 5.41) is 16.0. The second-order valence-corrected chi connectivity index (χ2v) is 6.02. The summed E-state index contributed by atoms with van der Waals surface area (Å²) < 4.78 is 1.85. The molecule has 0 aliphatic rings. The Bertz CT molecular complexity index is 873. The molecule has 0 aliphatic heterocycles. The highest BCUT2D eigenvalue weighted by Crippen LogP contribution is 2.15. The quantitative estimate of drug-likeness (QED) is 0.645. The molecule has 2 aromatic heterocycles. The summed E-state index contributed by atoms with van der Waals surface area (Å²) in [6.07, 6.45) is 5.78. The number of fused-ring (bicyclic) bond motifs is 1. The normalized spacial score (nSPS) is 11.0. The van der Waals surface area contributed by atoms with Crippen molar-refractivity contribution in [2.24, 2.45) is 0 Å². The Hall–Kier alpha value is -2.73. The first-order valence-electron chi connectivity index (χ1n) is 8.45. The van der Waals surface area contributed by atoms with Gasteiger partial charge in [-0.05, 0) is 61.6 Å². The van der Waals surface area contributed by atoms with Gasteiger partial charge < -0.3 is 10.4 Å². The standard InChI is InChI=1S/C19H22N4O2/c1-14-5-6-16(19(25)20-9-3-11-24)12-15(14)7-8-17-13-21-18-4-2-10-22-23(17)18/h2,4-6,10,12-13,24H,3,7-9,11H2,1H3,(H,20,25). The van der Waals surface area contributed by atoms with E-state index in [-0.39, 0.29) is 12.5 Å². The molecular formula is C19H22N4O2. The van der Waals surface area contributed by atoms with E-state index in [0.29, 0.717) is 18.5 Å². The average molecular weight is 338 g/mol. The Balaban J connectivity index is 1.71. The first-order valence-corrected chi connectivity index (χ1v) is 8.45. The molecule has 2 heterocycles. The maximum atomic E-state index is 12.2. The number of nitrogens with one attached hydrogen (secondary N) is 1. The minimum atomic E-state index is -0.105. The number of hydrogen-bond donors (Lipinski definition) is 2. The molecule has 0 unspecified atom stereocenters. The van der Waals surface area contributed by atoms with Crippen LogP contribution >= 0.6 is 0 Å². The van der Waals surface area contributed by atoms with Gasteiger partial charge in [0.05, 0.1) is 11.9 Å². The average Bonchev–Trinajstić information content (AvgIpc) is 3.04. The molecule has 25 heavy (non-hydrogen) atoms. The molecule has 0 saturated carbocycles. The Morgan fingerprint density at radius 3 is 3.00 bits per heavy atom. The molecular weight excluding hydrogens is 316 g/mol. The summed E-state index contributed by atoms with van der Waals surface area (Å²) in [6, 6.07) is 9.56. The number of amides is 1. The molecule has 0 bridgehead atoms. The minimum Gasteiger partial charge on any atom is -0.396 e. The van der Waals surface area contributed by atoms with E-state index in [9.17, 15) is 4.79 Å². The molecule has 1 amide bonds. The van der Waals surface area contributed by atoms with Crippen molar-refractivity contribution in [3.8, 4) is 0 Å². The number of carbonyl (C=O) groups excluding carboxylic acids is 1. The van der Waals surface area contributed by atoms with Crippen LogP contribution in [0.25, 0.3) is 5.65 Å². The van der Waals surface area contributed by atoms with E-state index in [4.69, 9.17) is 5.11 Å². The van der Waals surface area contributed by atoms with E-state index < -0.39 is 0 Å². The lowest BCUT2D eigenvalue weighted by molar-refractivity contribution is 0.0951. The highest BCUT2D eigenvalue weighted by atomic mass is 16.3. The third-order valence-corrected chi connectivity index (χ3v) is 4.23. The second kappa shape index (κ2) is 7.90. The summed E-state index contributed by atoms with van der Waals surface area (Å²) in [5.74, 6) is -0.105. The zero-order valence-corrected chi connectivity index (χ0v) is 14.3. The predicted octanol–water partition coefficient (Wildman–Crippen LogP) is 1.94. The van der Waals surface area contributed by atoms with Gasteiger partial charge in [0.2, 0.25) is 0 Å². The number of nitrogens with zero attached hydrogens (tertiary/aromatic N) is 3. The van der Waals surface area contributed by atoms with Gasteiger partial charge in [0.15, 0.2) is 5.65 Å². The van der Waals surface area contributed by atoms with Crippen LogP contribution < -0.4 is 5.32 Å². The van der Waals surface area contributed by atoms with E-state index in [1.807, 2.05) is 41.0 Å². The molecule has 0 aliphatic carbocycles. The molecule has 0 spiro atoms. The summed E-state index contributed by atoms with van der Waals surface area (Å²) in [4.78, 5) is 16.5. The van der Waals surface area contributed by atoms with E-state index in [2.05, 4.69) is 22.3 Å². The van der Waals surface area contributed by atoms with E-state index in [1.54, 1.807) is 6.20 Å². The van der Waals surface area contributed by atoms with Crippen LogP contribution in [0.1, 0.15) is 33.6 Å². The van der Waals surface area contributed by atoms with Crippen LogP contribution in [0.5, 0.6) is 0 Å². The SMILES string of the molecule is Cc1ccc(C(=O)NCCCO)cc1CCc1cnc2cccnn12. The number of aliphatic hydroxyl groups excluding tert-OH is 1. The fourth-order valence-corrected chi connectivity index (χ4v) is 2.78. The third kappa shape index (κ3) is 4.03. The van der Waals surface area contributed by atoms with E-state index in [0.717, 1.165) is 35.3 Å². The Kier molecular flexibility index (Phi) is 5.40. The van der Waals surface area contributed by atoms with Crippen LogP contribution in [0.3, 0.4) is 0 Å². The van der Waals surface area contributed by atoms with Gasteiger partial charge in [-0.1, -0.05) is 6.07 Å². The predicted molar refractivity (Wildman–Crippen MR) is 95.6 cm³/mol. The number of imidazole rings is 1. The Labute approximate surface area is 146 Å². The van der Waals surface area contributed by atoms with Gasteiger partial charge in [-0.3, -0.25) is 4.79 Å². The van der Waals surface area contributed by atoms with Crippen LogP contribution in [-0.2, 0) is 12.8 Å². The lowest BCUT2D eigenvalue weighted by atomic mass is 10.00. The van der Waals surface area contributed by atoms with Crippen molar-refractivity contribution in [2.75, 3.05) is 13.2 Å². The Morgan fingerprint density at radius 2 is 2.16 bits per heavy atom. The first-order chi connectivity index (χ1) is 12.2. The maximum absolute atomic E-state index is 12.2. The molecule has 0 atom stereocenters. The molecule has 0 saturated heterocycles. The number of aromatic nitrogens is 3. The fraction of sp³-hybridized carbons (Fsp3) is 0.316. The number of carbonyl (C=O) groups is 1. The number of benzene rings is 1. The van der Waals surface area contributed by atoms with Gasteiger partial charge in [0.25, 0.3) is 5.91 Å². The zero-order chi connectivity index (χ0) is 17.6. The molecule has 1 aromatic carbocycles. The lowest BCUT2D eigenvalue weighted by Crippen LogP contribution is -2.25. The van der Waals surface area contributed by atoms with Crippen molar-refractivity contribution in [3.05, 3.63) is 65.1 Å². The molecule has 3 aromatic rings. The van der Waals surface area contributed by atoms with Gasteiger partial charge in [0.1, 0.15) is 0 Å². The van der Waals surface area contributed by atoms with Gasteiger partial charge in [-0.25, -0.2) is 9.50 Å². The smallest absolute Gasteiger partial charge is 0.251 e. The van der Waals surface area contributed by atoms with Gasteiger partial charge in [0, 0.05) is 24.9 Å². The van der Waals surface area contributed by atoms with Crippen LogP contribution in [0.2, 0.25) is 0 Å². The largest absolute Gasteiger partial charge is 0.396 e. The van der Waals surface area contributed by atoms with Crippen molar-refractivity contribution in [1.82, 2.24) is 19.9 Å². The monoisotopic (exact) mass is 338 g/mol. The lowest BCUT2D eigenvalue weighted by Gasteiger charge is -2.09. The third-order valence-electron chi connectivity index (χ3n) is 4.23. The number of aryl methyl sites for hydroxylation is 3. The van der Waals surface area contributed by atoms with Crippen LogP contribution in [0.4, 0.5) is 0 Å². The summed E-state index contributed by atoms with van der Waals surface area (Å²) >= 11 is 0. The van der Waals surface area contributed by atoms with Crippen molar-refractivity contribution in [2.45, 2.75) is 26.2 Å². The highest BCUT2D eigenvalue weighted by Gasteiger charge is 2.09. The Morgan fingerprint density at radius 1 is 1.28 bits per heavy atom. The molecule has 0 fully saturated rings. The van der Waals surface area contributed by atoms with Gasteiger partial charge in [-0.2, -0.15) is 5.10 Å². The van der Waals surface area contributed by atoms with E-state index >= 15 is 0 Å². The first kappa shape index (κ1) is 17.1. The second-order valence-electron chi connectivity index (χ2n) is 6.02. The fourth-order valence-electron chi connectivity index (χ4n) is 2.78. The molecule has 6 heteroatoms. The van der Waals surface area contributed by atoms with Crippen LogP contribution in [-0.4, -0.2) is 38.8 Å².